The van der Waals surface area contributed by atoms with Gasteiger partial charge in [0.2, 0.25) is 0 Å². The molecular weight excluding hydrogens is 380 g/mol. The molecule has 1 N–H and O–H groups in total. The summed E-state index contributed by atoms with van der Waals surface area (Å²) in [7, 11) is 2.04. The van der Waals surface area contributed by atoms with E-state index in [1.54, 1.807) is 11.3 Å². The van der Waals surface area contributed by atoms with Gasteiger partial charge in [-0.05, 0) is 38.5 Å². The van der Waals surface area contributed by atoms with Crippen molar-refractivity contribution >= 4 is 39.9 Å². The molecule has 0 amide bonds. The lowest BCUT2D eigenvalue weighted by Crippen LogP contribution is -2.46. The number of halogens is 1. The second-order valence-electron chi connectivity index (χ2n) is 7.14. The summed E-state index contributed by atoms with van der Waals surface area (Å²) >= 11 is 7.90. The van der Waals surface area contributed by atoms with E-state index in [-0.39, 0.29) is 18.4 Å². The first kappa shape index (κ1) is 18.6. The number of fused-ring (bicyclic) bond motifs is 3. The highest BCUT2D eigenvalue weighted by Gasteiger charge is 2.43. The third kappa shape index (κ3) is 3.01. The van der Waals surface area contributed by atoms with Crippen LogP contribution < -0.4 is 10.3 Å². The van der Waals surface area contributed by atoms with Crippen LogP contribution in [0.4, 0.5) is 5.00 Å². The molecule has 4 rings (SSSR count). The molecule has 27 heavy (non-hydrogen) atoms. The molecule has 142 valence electrons. The number of aldehydes is 1. The molecule has 2 aromatic rings. The number of hydrazine groups is 1. The van der Waals surface area contributed by atoms with Gasteiger partial charge in [0.15, 0.2) is 0 Å². The molecule has 3 heterocycles. The molecule has 3 atom stereocenters. The van der Waals surface area contributed by atoms with E-state index < -0.39 is 0 Å². The van der Waals surface area contributed by atoms with Crippen LogP contribution in [0.15, 0.2) is 29.3 Å². The molecule has 2 aliphatic rings. The van der Waals surface area contributed by atoms with Gasteiger partial charge in [0.05, 0.1) is 17.9 Å². The van der Waals surface area contributed by atoms with E-state index in [1.165, 1.54) is 21.0 Å². The average Bonchev–Trinajstić information content (AvgIpc) is 3.04. The number of carbonyl (C=O) groups is 1. The molecule has 2 aliphatic heterocycles. The summed E-state index contributed by atoms with van der Waals surface area (Å²) in [6.07, 6.45) is 1.46. The zero-order valence-corrected chi connectivity index (χ0v) is 17.4. The highest BCUT2D eigenvalue weighted by molar-refractivity contribution is 7.16. The Labute approximate surface area is 168 Å². The van der Waals surface area contributed by atoms with Crippen molar-refractivity contribution in [3.05, 3.63) is 50.9 Å². The summed E-state index contributed by atoms with van der Waals surface area (Å²) in [5, 5.41) is 4.01. The van der Waals surface area contributed by atoms with Crippen LogP contribution in [0, 0.1) is 13.8 Å². The molecule has 0 spiro atoms. The van der Waals surface area contributed by atoms with Crippen LogP contribution in [0.5, 0.6) is 0 Å². The molecule has 7 heteroatoms. The first-order chi connectivity index (χ1) is 12.9. The van der Waals surface area contributed by atoms with Gasteiger partial charge in [0.1, 0.15) is 17.5 Å². The number of benzene rings is 1. The number of hydrogen-bond acceptors (Lipinski definition) is 6. The number of rotatable bonds is 3. The van der Waals surface area contributed by atoms with Gasteiger partial charge in [-0.15, -0.1) is 11.3 Å². The first-order valence-electron chi connectivity index (χ1n) is 9.07. The molecule has 1 saturated heterocycles. The lowest BCUT2D eigenvalue weighted by Gasteiger charge is -2.29. The smallest absolute Gasteiger partial charge is 0.122 e. The number of anilines is 1. The van der Waals surface area contributed by atoms with E-state index in [1.807, 2.05) is 31.3 Å². The number of thiophene rings is 1. The van der Waals surface area contributed by atoms with Gasteiger partial charge in [0.25, 0.3) is 0 Å². The highest BCUT2D eigenvalue weighted by atomic mass is 35.5. The van der Waals surface area contributed by atoms with Crippen LogP contribution >= 0.6 is 22.9 Å². The Kier molecular flexibility index (Phi) is 4.84. The standard InChI is InChI=1S/C20H23ClN4OS/c1-11-12(2)27-20-17(11)18(14-5-7-15(21)8-6-14)22-16(9-10-26)19-23-24(4)13(3)25(19)20/h5-8,10,13,16,19,23H,9H2,1-4H3. The summed E-state index contributed by atoms with van der Waals surface area (Å²) < 4.78 is 0. The fourth-order valence-corrected chi connectivity index (χ4v) is 5.24. The van der Waals surface area contributed by atoms with Gasteiger partial charge < -0.3 is 9.69 Å². The maximum absolute atomic E-state index is 11.4. The van der Waals surface area contributed by atoms with E-state index in [4.69, 9.17) is 16.6 Å². The molecule has 1 aromatic heterocycles. The van der Waals surface area contributed by atoms with Crippen molar-refractivity contribution in [3.8, 4) is 0 Å². The van der Waals surface area contributed by atoms with E-state index in [9.17, 15) is 4.79 Å². The van der Waals surface area contributed by atoms with Crippen molar-refractivity contribution in [2.75, 3.05) is 11.9 Å². The summed E-state index contributed by atoms with van der Waals surface area (Å²) in [5.74, 6) is 0. The Morgan fingerprint density at radius 2 is 2.00 bits per heavy atom. The fourth-order valence-electron chi connectivity index (χ4n) is 3.84. The predicted octanol–water partition coefficient (Wildman–Crippen LogP) is 3.76. The fraction of sp³-hybridized carbons (Fsp3) is 0.400. The number of nitrogens with one attached hydrogen (secondary N) is 1. The monoisotopic (exact) mass is 402 g/mol. The SMILES string of the molecule is Cc1sc2c(c1C)C(c1ccc(Cl)cc1)=NC(CC=O)C1NN(C)C(C)N21. The van der Waals surface area contributed by atoms with Crippen LogP contribution in [-0.2, 0) is 4.79 Å². The van der Waals surface area contributed by atoms with Crippen LogP contribution in [-0.4, -0.2) is 42.4 Å². The molecule has 5 nitrogen and oxygen atoms in total. The Hall–Kier alpha value is -1.73. The van der Waals surface area contributed by atoms with Crippen LogP contribution in [0.25, 0.3) is 0 Å². The Balaban J connectivity index is 1.96. The summed E-state index contributed by atoms with van der Waals surface area (Å²) in [6.45, 7) is 6.49. The minimum Gasteiger partial charge on any atom is -0.327 e. The molecule has 0 bridgehead atoms. The zero-order valence-electron chi connectivity index (χ0n) is 15.9. The minimum atomic E-state index is -0.167. The van der Waals surface area contributed by atoms with Crippen LogP contribution in [0.1, 0.15) is 34.9 Å². The van der Waals surface area contributed by atoms with E-state index in [0.717, 1.165) is 17.6 Å². The van der Waals surface area contributed by atoms with E-state index in [2.05, 4.69) is 36.1 Å². The predicted molar refractivity (Wildman–Crippen MR) is 112 cm³/mol. The van der Waals surface area contributed by atoms with E-state index >= 15 is 0 Å². The molecule has 1 aromatic carbocycles. The normalized spacial score (nSPS) is 25.0. The van der Waals surface area contributed by atoms with Crippen molar-refractivity contribution in [2.24, 2.45) is 4.99 Å². The van der Waals surface area contributed by atoms with Gasteiger partial charge >= 0.3 is 0 Å². The molecule has 1 fully saturated rings. The number of aliphatic imine (C=N–C) groups is 1. The second kappa shape index (κ2) is 7.02. The lowest BCUT2D eigenvalue weighted by molar-refractivity contribution is -0.108. The van der Waals surface area contributed by atoms with Gasteiger partial charge in [-0.25, -0.2) is 10.4 Å². The first-order valence-corrected chi connectivity index (χ1v) is 10.3. The molecule has 0 saturated carbocycles. The number of hydrogen-bond donors (Lipinski definition) is 1. The van der Waals surface area contributed by atoms with Crippen LogP contribution in [0.2, 0.25) is 5.02 Å². The highest BCUT2D eigenvalue weighted by Crippen LogP contribution is 2.43. The van der Waals surface area contributed by atoms with Gasteiger partial charge in [-0.1, -0.05) is 23.7 Å². The van der Waals surface area contributed by atoms with Gasteiger partial charge in [-0.3, -0.25) is 4.99 Å². The molecule has 0 radical (unpaired) electrons. The van der Waals surface area contributed by atoms with Crippen molar-refractivity contribution in [1.29, 1.82) is 0 Å². The number of carbonyl (C=O) groups excluding carboxylic acids is 1. The minimum absolute atomic E-state index is 0.0452. The molecular formula is C20H23ClN4OS. The second-order valence-corrected chi connectivity index (χ2v) is 8.78. The van der Waals surface area contributed by atoms with Gasteiger partial charge in [-0.2, -0.15) is 0 Å². The quantitative estimate of drug-likeness (QED) is 0.794. The molecule has 0 aliphatic carbocycles. The van der Waals surface area contributed by atoms with Crippen molar-refractivity contribution in [2.45, 2.75) is 45.6 Å². The average molecular weight is 403 g/mol. The maximum Gasteiger partial charge on any atom is 0.122 e. The Morgan fingerprint density at radius 3 is 2.67 bits per heavy atom. The maximum atomic E-state index is 11.4. The van der Waals surface area contributed by atoms with Crippen molar-refractivity contribution in [3.63, 3.8) is 0 Å². The summed E-state index contributed by atoms with van der Waals surface area (Å²) in [6, 6.07) is 7.63. The third-order valence-corrected chi connectivity index (χ3v) is 7.02. The van der Waals surface area contributed by atoms with Crippen molar-refractivity contribution < 1.29 is 4.79 Å². The lowest BCUT2D eigenvalue weighted by atomic mass is 9.99. The van der Waals surface area contributed by atoms with Crippen LogP contribution in [0.3, 0.4) is 0 Å². The number of nitrogens with zero attached hydrogens (tertiary/aromatic N) is 3. The summed E-state index contributed by atoms with van der Waals surface area (Å²) in [4.78, 5) is 20.2. The third-order valence-electron chi connectivity index (χ3n) is 5.55. The van der Waals surface area contributed by atoms with Gasteiger partial charge in [0, 0.05) is 34.5 Å². The van der Waals surface area contributed by atoms with Crippen molar-refractivity contribution in [1.82, 2.24) is 10.4 Å². The Bertz CT molecular complexity index is 907. The van der Waals surface area contributed by atoms with E-state index in [0.29, 0.717) is 11.4 Å². The largest absolute Gasteiger partial charge is 0.327 e. The topological polar surface area (TPSA) is 47.9 Å². The number of aryl methyl sites for hydroxylation is 1. The summed E-state index contributed by atoms with van der Waals surface area (Å²) in [5.41, 5.74) is 7.90. The Morgan fingerprint density at radius 1 is 1.30 bits per heavy atom. The zero-order chi connectivity index (χ0) is 19.3. The molecule has 3 unspecified atom stereocenters.